The second-order valence-corrected chi connectivity index (χ2v) is 3.85. The van der Waals surface area contributed by atoms with Gasteiger partial charge in [0.05, 0.1) is 26.3 Å². The van der Waals surface area contributed by atoms with Crippen LogP contribution in [0.2, 0.25) is 0 Å². The maximum Gasteiger partial charge on any atom is 0.420 e. The Balaban J connectivity index is 3.48. The van der Waals surface area contributed by atoms with E-state index in [0.717, 1.165) is 7.11 Å². The first-order valence-electron chi connectivity index (χ1n) is 5.79. The molecule has 0 aliphatic rings. The van der Waals surface area contributed by atoms with Crippen molar-refractivity contribution in [3.63, 3.8) is 0 Å². The molecule has 0 aromatic carbocycles. The van der Waals surface area contributed by atoms with Crippen molar-refractivity contribution in [3.05, 3.63) is 23.0 Å². The van der Waals surface area contributed by atoms with E-state index in [4.69, 9.17) is 0 Å². The highest BCUT2D eigenvalue weighted by Crippen LogP contribution is 2.41. The third kappa shape index (κ3) is 4.02. The van der Waals surface area contributed by atoms with Crippen molar-refractivity contribution in [2.75, 3.05) is 13.7 Å². The van der Waals surface area contributed by atoms with Crippen molar-refractivity contribution < 1.29 is 36.2 Å². The summed E-state index contributed by atoms with van der Waals surface area (Å²) in [6, 6.07) is 0. The van der Waals surface area contributed by atoms with Crippen LogP contribution in [0.3, 0.4) is 0 Å². The molecule has 0 spiro atoms. The fourth-order valence-corrected chi connectivity index (χ4v) is 1.74. The average Bonchev–Trinajstić information content (AvgIpc) is 2.36. The van der Waals surface area contributed by atoms with Gasteiger partial charge in [-0.25, -0.2) is 8.78 Å². The number of aromatic nitrogens is 1. The molecule has 1 heterocycles. The average molecular weight is 313 g/mol. The molecule has 0 bridgehead atoms. The summed E-state index contributed by atoms with van der Waals surface area (Å²) in [5, 5.41) is 0. The summed E-state index contributed by atoms with van der Waals surface area (Å²) in [7, 11) is 0.947. The fourth-order valence-electron chi connectivity index (χ4n) is 1.74. The maximum atomic E-state index is 13.1. The summed E-state index contributed by atoms with van der Waals surface area (Å²) >= 11 is 0. The lowest BCUT2D eigenvalue weighted by atomic mass is 10.0. The minimum Gasteiger partial charge on any atom is -0.494 e. The van der Waals surface area contributed by atoms with Crippen molar-refractivity contribution in [1.29, 1.82) is 0 Å². The van der Waals surface area contributed by atoms with Gasteiger partial charge in [-0.2, -0.15) is 13.2 Å². The van der Waals surface area contributed by atoms with Crippen molar-refractivity contribution >= 4 is 5.97 Å². The minimum absolute atomic E-state index is 0.0818. The van der Waals surface area contributed by atoms with Gasteiger partial charge in [0.25, 0.3) is 6.43 Å². The van der Waals surface area contributed by atoms with Gasteiger partial charge in [-0.3, -0.25) is 9.78 Å². The standard InChI is InChI=1S/C12H12F5NO3/c1-3-21-8(19)4-6-9(12(15,16)17)7(20-2)5-18-10(6)11(13)14/h5,11H,3-4H2,1-2H3. The van der Waals surface area contributed by atoms with Gasteiger partial charge in [0.15, 0.2) is 0 Å². The zero-order valence-electron chi connectivity index (χ0n) is 11.1. The number of pyridine rings is 1. The van der Waals surface area contributed by atoms with Crippen LogP contribution in [0.15, 0.2) is 6.20 Å². The molecular weight excluding hydrogens is 301 g/mol. The molecule has 0 unspecified atom stereocenters. The SMILES string of the molecule is CCOC(=O)Cc1c(C(F)F)ncc(OC)c1C(F)(F)F. The van der Waals surface area contributed by atoms with Crippen LogP contribution >= 0.6 is 0 Å². The molecule has 0 aliphatic carbocycles. The van der Waals surface area contributed by atoms with Crippen LogP contribution in [0.4, 0.5) is 22.0 Å². The van der Waals surface area contributed by atoms with Crippen LogP contribution in [0.1, 0.15) is 30.2 Å². The fraction of sp³-hybridized carbons (Fsp3) is 0.500. The third-order valence-electron chi connectivity index (χ3n) is 2.51. The van der Waals surface area contributed by atoms with Gasteiger partial charge in [0, 0.05) is 5.56 Å². The highest BCUT2D eigenvalue weighted by atomic mass is 19.4. The number of methoxy groups -OCH3 is 1. The summed E-state index contributed by atoms with van der Waals surface area (Å²) in [5.74, 6) is -1.79. The summed E-state index contributed by atoms with van der Waals surface area (Å²) < 4.78 is 73.9. The molecule has 0 atom stereocenters. The Kier molecular flexibility index (Phi) is 5.45. The van der Waals surface area contributed by atoms with E-state index in [1.165, 1.54) is 6.92 Å². The number of rotatable bonds is 5. The van der Waals surface area contributed by atoms with Crippen LogP contribution in [0.25, 0.3) is 0 Å². The van der Waals surface area contributed by atoms with Crippen LogP contribution in [-0.4, -0.2) is 24.7 Å². The Hall–Kier alpha value is -1.93. The largest absolute Gasteiger partial charge is 0.494 e. The summed E-state index contributed by atoms with van der Waals surface area (Å²) in [6.45, 7) is 1.36. The second kappa shape index (κ2) is 6.68. The molecule has 118 valence electrons. The summed E-state index contributed by atoms with van der Waals surface area (Å²) in [6.07, 6.45) is -8.65. The molecule has 0 fully saturated rings. The molecule has 1 aromatic heterocycles. The van der Waals surface area contributed by atoms with E-state index in [1.54, 1.807) is 0 Å². The number of nitrogens with zero attached hydrogens (tertiary/aromatic N) is 1. The number of carbonyl (C=O) groups is 1. The first-order chi connectivity index (χ1) is 9.72. The smallest absolute Gasteiger partial charge is 0.420 e. The summed E-state index contributed by atoms with van der Waals surface area (Å²) in [5.41, 5.74) is -3.49. The highest BCUT2D eigenvalue weighted by Gasteiger charge is 2.40. The van der Waals surface area contributed by atoms with Gasteiger partial charge < -0.3 is 9.47 Å². The van der Waals surface area contributed by atoms with Gasteiger partial charge >= 0.3 is 12.1 Å². The molecule has 0 radical (unpaired) electrons. The lowest BCUT2D eigenvalue weighted by Crippen LogP contribution is -2.19. The molecule has 0 amide bonds. The number of ether oxygens (including phenoxy) is 2. The molecule has 0 aliphatic heterocycles. The van der Waals surface area contributed by atoms with Gasteiger partial charge in [0.1, 0.15) is 17.0 Å². The summed E-state index contributed by atoms with van der Waals surface area (Å²) in [4.78, 5) is 14.6. The van der Waals surface area contributed by atoms with Crippen LogP contribution in [-0.2, 0) is 22.1 Å². The molecule has 4 nitrogen and oxygen atoms in total. The first-order valence-corrected chi connectivity index (χ1v) is 5.79. The number of carbonyl (C=O) groups excluding carboxylic acids is 1. The second-order valence-electron chi connectivity index (χ2n) is 3.85. The monoisotopic (exact) mass is 313 g/mol. The van der Waals surface area contributed by atoms with Crippen molar-refractivity contribution in [2.24, 2.45) is 0 Å². The molecule has 0 saturated heterocycles. The number of halogens is 5. The Bertz CT molecular complexity index is 516. The highest BCUT2D eigenvalue weighted by molar-refractivity contribution is 5.74. The molecule has 0 saturated carbocycles. The van der Waals surface area contributed by atoms with E-state index in [1.807, 2.05) is 0 Å². The molecule has 1 aromatic rings. The Morgan fingerprint density at radius 1 is 1.38 bits per heavy atom. The molecular formula is C12H12F5NO3. The van der Waals surface area contributed by atoms with Crippen LogP contribution < -0.4 is 4.74 Å². The van der Waals surface area contributed by atoms with Gasteiger partial charge in [0.2, 0.25) is 0 Å². The van der Waals surface area contributed by atoms with Crippen molar-refractivity contribution in [1.82, 2.24) is 4.98 Å². The predicted octanol–water partition coefficient (Wildman–Crippen LogP) is 3.15. The van der Waals surface area contributed by atoms with E-state index < -0.39 is 47.6 Å². The quantitative estimate of drug-likeness (QED) is 0.619. The maximum absolute atomic E-state index is 13.1. The Labute approximate surface area is 116 Å². The number of alkyl halides is 5. The Morgan fingerprint density at radius 2 is 2.00 bits per heavy atom. The lowest BCUT2D eigenvalue weighted by molar-refractivity contribution is -0.143. The molecule has 21 heavy (non-hydrogen) atoms. The van der Waals surface area contributed by atoms with E-state index in [9.17, 15) is 26.7 Å². The topological polar surface area (TPSA) is 48.4 Å². The Morgan fingerprint density at radius 3 is 2.43 bits per heavy atom. The van der Waals surface area contributed by atoms with Gasteiger partial charge in [-0.05, 0) is 6.92 Å². The molecule has 9 heteroatoms. The number of hydrogen-bond acceptors (Lipinski definition) is 4. The first kappa shape index (κ1) is 17.1. The van der Waals surface area contributed by atoms with Gasteiger partial charge in [-0.15, -0.1) is 0 Å². The zero-order valence-corrected chi connectivity index (χ0v) is 11.1. The van der Waals surface area contributed by atoms with E-state index in [2.05, 4.69) is 14.5 Å². The lowest BCUT2D eigenvalue weighted by Gasteiger charge is -2.18. The van der Waals surface area contributed by atoms with E-state index in [0.29, 0.717) is 6.20 Å². The van der Waals surface area contributed by atoms with Crippen molar-refractivity contribution in [2.45, 2.75) is 25.9 Å². The number of hydrogen-bond donors (Lipinski definition) is 0. The molecule has 0 N–H and O–H groups in total. The predicted molar refractivity (Wildman–Crippen MR) is 61.1 cm³/mol. The van der Waals surface area contributed by atoms with Crippen molar-refractivity contribution in [3.8, 4) is 5.75 Å². The minimum atomic E-state index is -4.97. The zero-order chi connectivity index (χ0) is 16.2. The normalized spacial score (nSPS) is 11.6. The number of esters is 1. The van der Waals surface area contributed by atoms with E-state index >= 15 is 0 Å². The molecule has 1 rings (SSSR count). The van der Waals surface area contributed by atoms with Gasteiger partial charge in [-0.1, -0.05) is 0 Å². The van der Waals surface area contributed by atoms with Crippen LogP contribution in [0, 0.1) is 0 Å². The van der Waals surface area contributed by atoms with E-state index in [-0.39, 0.29) is 6.61 Å². The van der Waals surface area contributed by atoms with Crippen LogP contribution in [0.5, 0.6) is 5.75 Å². The third-order valence-corrected chi connectivity index (χ3v) is 2.51.